The number of carbonyl (C=O) groups is 2. The summed E-state index contributed by atoms with van der Waals surface area (Å²) in [6.45, 7) is 1.27. The van der Waals surface area contributed by atoms with E-state index in [1.807, 2.05) is 4.90 Å². The van der Waals surface area contributed by atoms with Crippen LogP contribution in [0.15, 0.2) is 12.5 Å². The number of hydrogen-bond donors (Lipinski definition) is 2. The van der Waals surface area contributed by atoms with E-state index in [4.69, 9.17) is 4.74 Å². The van der Waals surface area contributed by atoms with E-state index in [0.29, 0.717) is 25.8 Å². The number of carbonyl (C=O) groups excluding carboxylic acids is 2. The average Bonchev–Trinajstić information content (AvgIpc) is 3.05. The Labute approximate surface area is 130 Å². The number of amides is 2. The van der Waals surface area contributed by atoms with E-state index >= 15 is 0 Å². The van der Waals surface area contributed by atoms with Crippen LogP contribution >= 0.6 is 0 Å². The van der Waals surface area contributed by atoms with Gasteiger partial charge in [-0.3, -0.25) is 9.59 Å². The summed E-state index contributed by atoms with van der Waals surface area (Å²) in [5.41, 5.74) is 0.387. The Balaban J connectivity index is 1.96. The van der Waals surface area contributed by atoms with Gasteiger partial charge in [-0.25, -0.2) is 4.98 Å². The molecule has 0 radical (unpaired) electrons. The third-order valence-corrected chi connectivity index (χ3v) is 4.31. The fraction of sp³-hybridized carbons (Fsp3) is 0.667. The van der Waals surface area contributed by atoms with E-state index in [1.165, 1.54) is 0 Å². The number of ether oxygens (including phenoxy) is 1. The number of piperidine rings is 1. The molecular weight excluding hydrogens is 284 g/mol. The zero-order valence-corrected chi connectivity index (χ0v) is 13.2. The quantitative estimate of drug-likeness (QED) is 0.800. The molecule has 2 amide bonds. The molecule has 0 aliphatic carbocycles. The van der Waals surface area contributed by atoms with Crippen LogP contribution in [0.4, 0.5) is 0 Å². The molecular formula is C15H24N4O3. The highest BCUT2D eigenvalue weighted by Crippen LogP contribution is 2.29. The highest BCUT2D eigenvalue weighted by molar-refractivity contribution is 5.78. The number of nitrogens with one attached hydrogen (secondary N) is 2. The largest absolute Gasteiger partial charge is 0.376 e. The van der Waals surface area contributed by atoms with Crippen LogP contribution in [0.25, 0.3) is 0 Å². The predicted molar refractivity (Wildman–Crippen MR) is 81.1 cm³/mol. The summed E-state index contributed by atoms with van der Waals surface area (Å²) >= 11 is 0. The number of rotatable bonds is 6. The molecule has 1 atom stereocenters. The third-order valence-electron chi connectivity index (χ3n) is 4.31. The zero-order valence-electron chi connectivity index (χ0n) is 13.2. The van der Waals surface area contributed by atoms with Crippen LogP contribution in [0.2, 0.25) is 0 Å². The Kier molecular flexibility index (Phi) is 5.54. The summed E-state index contributed by atoms with van der Waals surface area (Å²) < 4.78 is 5.70. The SMILES string of the molecule is CNC(=O)CC[C@@]1(OC)CCCN(C(=O)Cc2cnc[nH]2)C1. The predicted octanol–water partition coefficient (Wildman–Crippen LogP) is 0.486. The molecule has 0 bridgehead atoms. The Morgan fingerprint density at radius 1 is 1.55 bits per heavy atom. The summed E-state index contributed by atoms with van der Waals surface area (Å²) in [4.78, 5) is 32.6. The van der Waals surface area contributed by atoms with Gasteiger partial charge in [-0.05, 0) is 19.3 Å². The van der Waals surface area contributed by atoms with Gasteiger partial charge in [0.25, 0.3) is 0 Å². The topological polar surface area (TPSA) is 87.3 Å². The fourth-order valence-electron chi connectivity index (χ4n) is 2.91. The maximum atomic E-state index is 12.4. The average molecular weight is 308 g/mol. The smallest absolute Gasteiger partial charge is 0.228 e. The van der Waals surface area contributed by atoms with Crippen molar-refractivity contribution in [1.29, 1.82) is 0 Å². The minimum absolute atomic E-state index is 0.00247. The highest BCUT2D eigenvalue weighted by atomic mass is 16.5. The van der Waals surface area contributed by atoms with Crippen molar-refractivity contribution in [3.63, 3.8) is 0 Å². The Morgan fingerprint density at radius 2 is 2.36 bits per heavy atom. The van der Waals surface area contributed by atoms with Crippen LogP contribution in [0, 0.1) is 0 Å². The normalized spacial score (nSPS) is 21.6. The lowest BCUT2D eigenvalue weighted by atomic mass is 9.87. The number of hydrogen-bond acceptors (Lipinski definition) is 4. The molecule has 1 aliphatic heterocycles. The second-order valence-corrected chi connectivity index (χ2v) is 5.73. The minimum atomic E-state index is -0.422. The first-order valence-electron chi connectivity index (χ1n) is 7.59. The molecule has 1 aromatic rings. The van der Waals surface area contributed by atoms with Crippen LogP contribution in [0.5, 0.6) is 0 Å². The van der Waals surface area contributed by atoms with Crippen LogP contribution in [0.1, 0.15) is 31.4 Å². The first kappa shape index (κ1) is 16.5. The van der Waals surface area contributed by atoms with Gasteiger partial charge in [0.1, 0.15) is 0 Å². The van der Waals surface area contributed by atoms with E-state index in [2.05, 4.69) is 15.3 Å². The Bertz CT molecular complexity index is 503. The molecule has 2 rings (SSSR count). The maximum absolute atomic E-state index is 12.4. The molecule has 2 N–H and O–H groups in total. The van der Waals surface area contributed by atoms with Crippen LogP contribution in [0.3, 0.4) is 0 Å². The van der Waals surface area contributed by atoms with Crippen molar-refractivity contribution in [1.82, 2.24) is 20.2 Å². The van der Waals surface area contributed by atoms with Crippen LogP contribution < -0.4 is 5.32 Å². The molecule has 2 heterocycles. The molecule has 1 aromatic heterocycles. The van der Waals surface area contributed by atoms with Crippen molar-refractivity contribution >= 4 is 11.8 Å². The fourth-order valence-corrected chi connectivity index (χ4v) is 2.91. The second kappa shape index (κ2) is 7.40. The number of imidazole rings is 1. The van der Waals surface area contributed by atoms with Crippen molar-refractivity contribution < 1.29 is 14.3 Å². The van der Waals surface area contributed by atoms with Gasteiger partial charge in [-0.2, -0.15) is 0 Å². The van der Waals surface area contributed by atoms with Crippen molar-refractivity contribution in [2.24, 2.45) is 0 Å². The molecule has 0 spiro atoms. The van der Waals surface area contributed by atoms with Crippen molar-refractivity contribution in [3.8, 4) is 0 Å². The van der Waals surface area contributed by atoms with Gasteiger partial charge < -0.3 is 19.9 Å². The first-order chi connectivity index (χ1) is 10.6. The highest BCUT2D eigenvalue weighted by Gasteiger charge is 2.37. The van der Waals surface area contributed by atoms with E-state index in [1.54, 1.807) is 26.7 Å². The number of aromatic amines is 1. The summed E-state index contributed by atoms with van der Waals surface area (Å²) in [5, 5.41) is 2.62. The second-order valence-electron chi connectivity index (χ2n) is 5.73. The van der Waals surface area contributed by atoms with Gasteiger partial charge in [0.2, 0.25) is 11.8 Å². The van der Waals surface area contributed by atoms with Gasteiger partial charge in [-0.15, -0.1) is 0 Å². The molecule has 7 nitrogen and oxygen atoms in total. The minimum Gasteiger partial charge on any atom is -0.376 e. The van der Waals surface area contributed by atoms with E-state index in [9.17, 15) is 9.59 Å². The van der Waals surface area contributed by atoms with Gasteiger partial charge in [0.15, 0.2) is 0 Å². The standard InChI is InChI=1S/C15H24N4O3/c1-16-13(20)4-6-15(22-2)5-3-7-19(10-15)14(21)8-12-9-17-11-18-12/h9,11H,3-8,10H2,1-2H3,(H,16,20)(H,17,18)/t15-/m0/s1. The Hall–Kier alpha value is -1.89. The molecule has 1 aliphatic rings. The molecule has 1 fully saturated rings. The van der Waals surface area contributed by atoms with Crippen molar-refractivity contribution in [3.05, 3.63) is 18.2 Å². The molecule has 1 saturated heterocycles. The Morgan fingerprint density at radius 3 is 3.00 bits per heavy atom. The van der Waals surface area contributed by atoms with E-state index < -0.39 is 5.60 Å². The number of nitrogens with zero attached hydrogens (tertiary/aromatic N) is 2. The number of aromatic nitrogens is 2. The number of likely N-dealkylation sites (tertiary alicyclic amines) is 1. The summed E-state index contributed by atoms with van der Waals surface area (Å²) in [6, 6.07) is 0. The lowest BCUT2D eigenvalue weighted by Gasteiger charge is -2.42. The van der Waals surface area contributed by atoms with Crippen LogP contribution in [-0.4, -0.2) is 59.5 Å². The lowest BCUT2D eigenvalue weighted by Crippen LogP contribution is -2.52. The van der Waals surface area contributed by atoms with Gasteiger partial charge in [0, 0.05) is 45.6 Å². The maximum Gasteiger partial charge on any atom is 0.228 e. The third kappa shape index (κ3) is 4.07. The van der Waals surface area contributed by atoms with Gasteiger partial charge >= 0.3 is 0 Å². The van der Waals surface area contributed by atoms with Crippen molar-refractivity contribution in [2.45, 2.75) is 37.7 Å². The molecule has 0 unspecified atom stereocenters. The molecule has 122 valence electrons. The number of H-pyrrole nitrogens is 1. The monoisotopic (exact) mass is 308 g/mol. The van der Waals surface area contributed by atoms with E-state index in [-0.39, 0.29) is 11.8 Å². The van der Waals surface area contributed by atoms with E-state index in [0.717, 1.165) is 25.1 Å². The van der Waals surface area contributed by atoms with Gasteiger partial charge in [-0.1, -0.05) is 0 Å². The lowest BCUT2D eigenvalue weighted by molar-refractivity contribution is -0.141. The molecule has 7 heteroatoms. The van der Waals surface area contributed by atoms with Crippen LogP contribution in [-0.2, 0) is 20.7 Å². The molecule has 22 heavy (non-hydrogen) atoms. The summed E-state index contributed by atoms with van der Waals surface area (Å²) in [6.07, 6.45) is 6.34. The molecule has 0 aromatic carbocycles. The first-order valence-corrected chi connectivity index (χ1v) is 7.59. The summed E-state index contributed by atoms with van der Waals surface area (Å²) in [7, 11) is 3.29. The summed E-state index contributed by atoms with van der Waals surface area (Å²) in [5.74, 6) is 0.0580. The number of methoxy groups -OCH3 is 1. The molecule has 0 saturated carbocycles. The zero-order chi connectivity index (χ0) is 16.0. The van der Waals surface area contributed by atoms with Crippen molar-refractivity contribution in [2.75, 3.05) is 27.2 Å². The van der Waals surface area contributed by atoms with Gasteiger partial charge in [0.05, 0.1) is 18.3 Å².